The third-order valence-electron chi connectivity index (χ3n) is 2.46. The first-order valence-corrected chi connectivity index (χ1v) is 8.39. The average Bonchev–Trinajstić information content (AvgIpc) is 2.36. The number of ether oxygens (including phenoxy) is 1. The summed E-state index contributed by atoms with van der Waals surface area (Å²) in [6.45, 7) is 1.99. The molecule has 1 aromatic carbocycles. The predicted molar refractivity (Wildman–Crippen MR) is 75.4 cm³/mol. The summed E-state index contributed by atoms with van der Waals surface area (Å²) in [5.41, 5.74) is 0.808. The number of alkyl halides is 1. The highest BCUT2D eigenvalue weighted by Gasteiger charge is 2.08. The largest absolute Gasteiger partial charge is 0.493 e. The number of halogens is 2. The first kappa shape index (κ1) is 15.6. The summed E-state index contributed by atoms with van der Waals surface area (Å²) in [7, 11) is -2.92. The number of hydrogen-bond acceptors (Lipinski definition) is 3. The van der Waals surface area contributed by atoms with Gasteiger partial charge in [-0.05, 0) is 24.6 Å². The molecular weight excluding hydrogens is 295 g/mol. The van der Waals surface area contributed by atoms with Crippen molar-refractivity contribution in [2.45, 2.75) is 19.2 Å². The van der Waals surface area contributed by atoms with E-state index in [0.29, 0.717) is 29.7 Å². The Balaban J connectivity index is 2.49. The molecule has 0 spiro atoms. The number of benzene rings is 1. The predicted octanol–water partition coefficient (Wildman–Crippen LogP) is 3.28. The Morgan fingerprint density at radius 2 is 2.06 bits per heavy atom. The zero-order chi connectivity index (χ0) is 13.6. The second-order valence-electron chi connectivity index (χ2n) is 3.82. The summed E-state index contributed by atoms with van der Waals surface area (Å²) in [5.74, 6) is 1.28. The maximum absolute atomic E-state index is 11.3. The SMILES string of the molecule is CCS(=O)(=O)CCCOc1ccc(Cl)cc1CCl. The van der Waals surface area contributed by atoms with Crippen LogP contribution in [0.15, 0.2) is 18.2 Å². The number of hydrogen-bond donors (Lipinski definition) is 0. The van der Waals surface area contributed by atoms with Crippen molar-refractivity contribution in [1.29, 1.82) is 0 Å². The lowest BCUT2D eigenvalue weighted by atomic mass is 10.2. The minimum Gasteiger partial charge on any atom is -0.493 e. The molecule has 0 aliphatic carbocycles. The van der Waals surface area contributed by atoms with Crippen LogP contribution in [0.3, 0.4) is 0 Å². The average molecular weight is 311 g/mol. The molecule has 0 aromatic heterocycles. The van der Waals surface area contributed by atoms with Crippen LogP contribution in [-0.4, -0.2) is 26.5 Å². The smallest absolute Gasteiger partial charge is 0.150 e. The van der Waals surface area contributed by atoms with Gasteiger partial charge in [0.1, 0.15) is 15.6 Å². The molecule has 0 aliphatic heterocycles. The highest BCUT2D eigenvalue weighted by Crippen LogP contribution is 2.24. The van der Waals surface area contributed by atoms with Crippen LogP contribution in [0.1, 0.15) is 18.9 Å². The second kappa shape index (κ2) is 7.22. The van der Waals surface area contributed by atoms with E-state index in [4.69, 9.17) is 27.9 Å². The lowest BCUT2D eigenvalue weighted by molar-refractivity contribution is 0.315. The number of rotatable bonds is 7. The Labute approximate surface area is 118 Å². The van der Waals surface area contributed by atoms with Crippen molar-refractivity contribution in [2.75, 3.05) is 18.1 Å². The fourth-order valence-corrected chi connectivity index (χ4v) is 2.65. The first-order valence-electron chi connectivity index (χ1n) is 5.66. The molecule has 0 fully saturated rings. The van der Waals surface area contributed by atoms with E-state index in [9.17, 15) is 8.42 Å². The fraction of sp³-hybridized carbons (Fsp3) is 0.500. The molecule has 1 rings (SSSR count). The standard InChI is InChI=1S/C12H16Cl2O3S/c1-2-18(15,16)7-3-6-17-12-5-4-11(14)8-10(12)9-13/h4-5,8H,2-3,6-7,9H2,1H3. The van der Waals surface area contributed by atoms with Crippen LogP contribution in [0.5, 0.6) is 5.75 Å². The van der Waals surface area contributed by atoms with Crippen molar-refractivity contribution in [2.24, 2.45) is 0 Å². The Morgan fingerprint density at radius 3 is 2.67 bits per heavy atom. The van der Waals surface area contributed by atoms with Gasteiger partial charge in [0.2, 0.25) is 0 Å². The Morgan fingerprint density at radius 1 is 1.33 bits per heavy atom. The summed E-state index contributed by atoms with van der Waals surface area (Å²) in [6.07, 6.45) is 0.473. The van der Waals surface area contributed by atoms with Crippen molar-refractivity contribution < 1.29 is 13.2 Å². The van der Waals surface area contributed by atoms with E-state index >= 15 is 0 Å². The molecular formula is C12H16Cl2O3S. The summed E-state index contributed by atoms with van der Waals surface area (Å²) in [4.78, 5) is 0. The minimum absolute atomic E-state index is 0.146. The molecule has 0 unspecified atom stereocenters. The van der Waals surface area contributed by atoms with E-state index in [1.807, 2.05) is 0 Å². The zero-order valence-corrected chi connectivity index (χ0v) is 12.5. The Hall–Kier alpha value is -0.450. The van der Waals surface area contributed by atoms with E-state index < -0.39 is 9.84 Å². The van der Waals surface area contributed by atoms with Crippen LogP contribution in [0.25, 0.3) is 0 Å². The van der Waals surface area contributed by atoms with Gasteiger partial charge in [0, 0.05) is 16.3 Å². The highest BCUT2D eigenvalue weighted by molar-refractivity contribution is 7.91. The van der Waals surface area contributed by atoms with Gasteiger partial charge in [-0.25, -0.2) is 8.42 Å². The van der Waals surface area contributed by atoms with Gasteiger partial charge in [-0.3, -0.25) is 0 Å². The highest BCUT2D eigenvalue weighted by atomic mass is 35.5. The molecule has 0 bridgehead atoms. The van der Waals surface area contributed by atoms with Gasteiger partial charge in [-0.2, -0.15) is 0 Å². The molecule has 0 saturated carbocycles. The molecule has 1 aromatic rings. The molecule has 0 amide bonds. The maximum atomic E-state index is 11.3. The zero-order valence-electron chi connectivity index (χ0n) is 10.2. The van der Waals surface area contributed by atoms with Gasteiger partial charge >= 0.3 is 0 Å². The molecule has 0 N–H and O–H groups in total. The van der Waals surface area contributed by atoms with Gasteiger partial charge < -0.3 is 4.74 Å². The summed E-state index contributed by atoms with van der Waals surface area (Å²) < 4.78 is 28.1. The van der Waals surface area contributed by atoms with Crippen molar-refractivity contribution in [3.8, 4) is 5.75 Å². The Kier molecular flexibility index (Phi) is 6.26. The minimum atomic E-state index is -2.92. The lowest BCUT2D eigenvalue weighted by Gasteiger charge is -2.10. The third kappa shape index (κ3) is 5.04. The molecule has 0 aliphatic rings. The van der Waals surface area contributed by atoms with Crippen molar-refractivity contribution >= 4 is 33.0 Å². The van der Waals surface area contributed by atoms with Crippen molar-refractivity contribution in [3.05, 3.63) is 28.8 Å². The van der Waals surface area contributed by atoms with E-state index in [1.54, 1.807) is 25.1 Å². The number of sulfone groups is 1. The fourth-order valence-electron chi connectivity index (χ4n) is 1.40. The van der Waals surface area contributed by atoms with Crippen LogP contribution in [0.4, 0.5) is 0 Å². The third-order valence-corrected chi connectivity index (χ3v) is 4.78. The van der Waals surface area contributed by atoms with Gasteiger partial charge in [-0.1, -0.05) is 18.5 Å². The van der Waals surface area contributed by atoms with E-state index in [1.165, 1.54) is 0 Å². The van der Waals surface area contributed by atoms with Crippen LogP contribution in [-0.2, 0) is 15.7 Å². The summed E-state index contributed by atoms with van der Waals surface area (Å²) >= 11 is 11.6. The van der Waals surface area contributed by atoms with Crippen molar-refractivity contribution in [1.82, 2.24) is 0 Å². The lowest BCUT2D eigenvalue weighted by Crippen LogP contribution is -2.12. The second-order valence-corrected chi connectivity index (χ2v) is 7.00. The molecule has 0 heterocycles. The normalized spacial score (nSPS) is 11.5. The quantitative estimate of drug-likeness (QED) is 0.573. The summed E-state index contributed by atoms with van der Waals surface area (Å²) in [5, 5.41) is 0.603. The first-order chi connectivity index (χ1) is 8.48. The monoisotopic (exact) mass is 310 g/mol. The van der Waals surface area contributed by atoms with E-state index in [2.05, 4.69) is 0 Å². The maximum Gasteiger partial charge on any atom is 0.150 e. The van der Waals surface area contributed by atoms with E-state index in [0.717, 1.165) is 5.56 Å². The molecule has 6 heteroatoms. The van der Waals surface area contributed by atoms with Gasteiger partial charge in [0.15, 0.2) is 0 Å². The Bertz CT molecular complexity index is 486. The molecule has 3 nitrogen and oxygen atoms in total. The van der Waals surface area contributed by atoms with Gasteiger partial charge in [0.25, 0.3) is 0 Å². The topological polar surface area (TPSA) is 43.4 Å². The molecule has 102 valence electrons. The van der Waals surface area contributed by atoms with E-state index in [-0.39, 0.29) is 11.5 Å². The van der Waals surface area contributed by atoms with Crippen LogP contribution in [0.2, 0.25) is 5.02 Å². The van der Waals surface area contributed by atoms with Gasteiger partial charge in [-0.15, -0.1) is 11.6 Å². The molecule has 18 heavy (non-hydrogen) atoms. The van der Waals surface area contributed by atoms with Crippen LogP contribution in [0, 0.1) is 0 Å². The molecule has 0 radical (unpaired) electrons. The molecule has 0 saturated heterocycles. The van der Waals surface area contributed by atoms with Crippen LogP contribution >= 0.6 is 23.2 Å². The van der Waals surface area contributed by atoms with Crippen molar-refractivity contribution in [3.63, 3.8) is 0 Å². The molecule has 0 atom stereocenters. The van der Waals surface area contributed by atoms with Gasteiger partial charge in [0.05, 0.1) is 18.2 Å². The summed E-state index contributed by atoms with van der Waals surface area (Å²) in [6, 6.07) is 5.21. The van der Waals surface area contributed by atoms with Crippen LogP contribution < -0.4 is 4.74 Å².